The number of halogens is 2. The molecule has 4 N–H and O–H groups in total. The first-order chi connectivity index (χ1) is 22.5. The van der Waals surface area contributed by atoms with Gasteiger partial charge in [-0.25, -0.2) is 9.59 Å². The maximum Gasteiger partial charge on any atom is 0.337 e. The molecule has 2 atom stereocenters. The zero-order chi connectivity index (χ0) is 34.1. The predicted octanol–water partition coefficient (Wildman–Crippen LogP) is 5.06. The minimum absolute atomic E-state index is 0.00802. The van der Waals surface area contributed by atoms with Crippen LogP contribution in [-0.4, -0.2) is 54.8 Å². The molecule has 4 rings (SSSR count). The topological polar surface area (TPSA) is 183 Å². The van der Waals surface area contributed by atoms with Gasteiger partial charge in [-0.3, -0.25) is 15.5 Å². The Balaban J connectivity index is 1.37. The quantitative estimate of drug-likeness (QED) is 0.0428. The van der Waals surface area contributed by atoms with Crippen molar-refractivity contribution in [3.05, 3.63) is 101 Å². The van der Waals surface area contributed by atoms with Crippen LogP contribution in [0.15, 0.2) is 75.4 Å². The summed E-state index contributed by atoms with van der Waals surface area (Å²) in [5.74, 6) is 0.669. The molecule has 248 valence electrons. The summed E-state index contributed by atoms with van der Waals surface area (Å²) in [6.45, 7) is 3.69. The lowest BCUT2D eigenvalue weighted by Gasteiger charge is -2.28. The Morgan fingerprint density at radius 2 is 1.98 bits per heavy atom. The highest BCUT2D eigenvalue weighted by Gasteiger charge is 2.32. The standard InChI is InChI=1S/C31H31BrIN5O9/c1-4-45-25-13-20(28-27(30(40)44-3)17(2)35-31(41)36-28)8-9-24(25)46-16-26(39)37-34-14-19-11-22(32)29(23(33)12-19)47-15-18-6-5-7-21(10-18)38(42)43/h5-14,26,28,37,39H,4,15-16H2,1-3H3,(H2,35,36,41)/b34-14-/t26-,28-/m0/s1. The van der Waals surface area contributed by atoms with Gasteiger partial charge in [-0.1, -0.05) is 18.2 Å². The van der Waals surface area contributed by atoms with Gasteiger partial charge in [-0.05, 0) is 93.3 Å². The van der Waals surface area contributed by atoms with Crippen LogP contribution in [0, 0.1) is 13.7 Å². The summed E-state index contributed by atoms with van der Waals surface area (Å²) in [7, 11) is 1.26. The van der Waals surface area contributed by atoms with Crippen molar-refractivity contribution in [3.8, 4) is 17.2 Å². The summed E-state index contributed by atoms with van der Waals surface area (Å²) in [6, 6.07) is 13.6. The Bertz CT molecular complexity index is 1700. The second-order valence-corrected chi connectivity index (χ2v) is 12.0. The van der Waals surface area contributed by atoms with E-state index in [0.29, 0.717) is 50.7 Å². The number of rotatable bonds is 14. The number of nitro groups is 1. The molecule has 0 aromatic heterocycles. The predicted molar refractivity (Wildman–Crippen MR) is 183 cm³/mol. The summed E-state index contributed by atoms with van der Waals surface area (Å²) in [5.41, 5.74) is 5.17. The second kappa shape index (κ2) is 16.4. The molecular formula is C31H31BrIN5O9. The average molecular weight is 824 g/mol. The van der Waals surface area contributed by atoms with Gasteiger partial charge in [0.2, 0.25) is 0 Å². The molecule has 1 heterocycles. The zero-order valence-corrected chi connectivity index (χ0v) is 29.2. The van der Waals surface area contributed by atoms with E-state index in [4.69, 9.17) is 18.9 Å². The molecule has 1 aliphatic rings. The Hall–Kier alpha value is -4.42. The van der Waals surface area contributed by atoms with E-state index in [1.807, 2.05) is 6.07 Å². The van der Waals surface area contributed by atoms with E-state index in [1.165, 1.54) is 25.5 Å². The first-order valence-corrected chi connectivity index (χ1v) is 16.0. The number of ether oxygens (including phenoxy) is 4. The number of nitro benzene ring substituents is 1. The number of allylic oxidation sites excluding steroid dienone is 1. The third-order valence-corrected chi connectivity index (χ3v) is 8.02. The summed E-state index contributed by atoms with van der Waals surface area (Å²) >= 11 is 5.62. The van der Waals surface area contributed by atoms with Crippen molar-refractivity contribution in [2.75, 3.05) is 20.3 Å². The molecule has 0 fully saturated rings. The van der Waals surface area contributed by atoms with Crippen molar-refractivity contribution in [1.82, 2.24) is 16.1 Å². The average Bonchev–Trinajstić information content (AvgIpc) is 3.03. The number of nitrogens with zero attached hydrogens (tertiary/aromatic N) is 2. The number of carbonyl (C=O) groups excluding carboxylic acids is 2. The SMILES string of the molecule is CCOc1cc([C@@H]2NC(=O)NC(C)=C2C(=O)OC)ccc1OC[C@H](O)N/N=C\c1cc(Br)c(OCc2cccc([N+](=O)[O-])c2)c(I)c1. The number of aliphatic hydroxyl groups is 1. The van der Waals surface area contributed by atoms with Crippen LogP contribution < -0.4 is 30.3 Å². The van der Waals surface area contributed by atoms with E-state index in [2.05, 4.69) is 59.7 Å². The Morgan fingerprint density at radius 3 is 2.68 bits per heavy atom. The number of urea groups is 1. The maximum atomic E-state index is 12.5. The normalized spacial score (nSPS) is 15.0. The fourth-order valence-corrected chi connectivity index (χ4v) is 6.30. The molecule has 0 aliphatic carbocycles. The van der Waals surface area contributed by atoms with Crippen molar-refractivity contribution in [3.63, 3.8) is 0 Å². The molecule has 3 aromatic carbocycles. The lowest BCUT2D eigenvalue weighted by Crippen LogP contribution is -2.45. The minimum atomic E-state index is -1.18. The maximum absolute atomic E-state index is 12.5. The van der Waals surface area contributed by atoms with Gasteiger partial charge in [0.25, 0.3) is 5.69 Å². The molecule has 0 saturated heterocycles. The number of nitrogens with one attached hydrogen (secondary N) is 3. The van der Waals surface area contributed by atoms with Crippen molar-refractivity contribution in [2.24, 2.45) is 5.10 Å². The molecular weight excluding hydrogens is 793 g/mol. The fraction of sp³-hybridized carbons (Fsp3) is 0.258. The van der Waals surface area contributed by atoms with Crippen molar-refractivity contribution < 1.29 is 38.6 Å². The summed E-state index contributed by atoms with van der Waals surface area (Å²) in [4.78, 5) is 35.2. The molecule has 2 amide bonds. The third kappa shape index (κ3) is 9.32. The van der Waals surface area contributed by atoms with Gasteiger partial charge in [-0.15, -0.1) is 0 Å². The van der Waals surface area contributed by atoms with Crippen LogP contribution in [0.4, 0.5) is 10.5 Å². The van der Waals surface area contributed by atoms with Crippen LogP contribution in [0.1, 0.15) is 36.6 Å². The van der Waals surface area contributed by atoms with Crippen molar-refractivity contribution in [2.45, 2.75) is 32.7 Å². The molecule has 0 radical (unpaired) electrons. The monoisotopic (exact) mass is 823 g/mol. The molecule has 3 aromatic rings. The number of methoxy groups -OCH3 is 1. The lowest BCUT2D eigenvalue weighted by atomic mass is 9.95. The number of benzene rings is 3. The van der Waals surface area contributed by atoms with Crippen LogP contribution in [0.25, 0.3) is 0 Å². The van der Waals surface area contributed by atoms with Crippen LogP contribution in [0.5, 0.6) is 17.2 Å². The van der Waals surface area contributed by atoms with Gasteiger partial charge in [0, 0.05) is 17.8 Å². The number of hydrazone groups is 1. The summed E-state index contributed by atoms with van der Waals surface area (Å²) < 4.78 is 23.8. The van der Waals surface area contributed by atoms with Gasteiger partial charge in [-0.2, -0.15) is 5.10 Å². The molecule has 0 bridgehead atoms. The second-order valence-electron chi connectivity index (χ2n) is 9.94. The van der Waals surface area contributed by atoms with Gasteiger partial charge in [0.1, 0.15) is 19.0 Å². The smallest absolute Gasteiger partial charge is 0.337 e. The molecule has 0 spiro atoms. The first kappa shape index (κ1) is 35.4. The number of aliphatic hydroxyl groups excluding tert-OH is 1. The van der Waals surface area contributed by atoms with E-state index in [0.717, 1.165) is 3.57 Å². The van der Waals surface area contributed by atoms with E-state index in [9.17, 15) is 24.8 Å². The van der Waals surface area contributed by atoms with Gasteiger partial charge in [0.15, 0.2) is 17.7 Å². The van der Waals surface area contributed by atoms with Crippen LogP contribution in [-0.2, 0) is 16.1 Å². The number of non-ortho nitro benzene ring substituents is 1. The Morgan fingerprint density at radius 1 is 1.19 bits per heavy atom. The van der Waals surface area contributed by atoms with Gasteiger partial charge < -0.3 is 34.7 Å². The summed E-state index contributed by atoms with van der Waals surface area (Å²) in [5, 5.41) is 30.9. The molecule has 14 nitrogen and oxygen atoms in total. The van der Waals surface area contributed by atoms with Crippen molar-refractivity contribution >= 4 is 62.4 Å². The van der Waals surface area contributed by atoms with Crippen molar-refractivity contribution in [1.29, 1.82) is 0 Å². The zero-order valence-electron chi connectivity index (χ0n) is 25.4. The summed E-state index contributed by atoms with van der Waals surface area (Å²) in [6.07, 6.45) is 0.337. The molecule has 16 heteroatoms. The van der Waals surface area contributed by atoms with Crippen LogP contribution in [0.3, 0.4) is 0 Å². The number of hydrogen-bond donors (Lipinski definition) is 4. The Kier molecular flexibility index (Phi) is 12.4. The van der Waals surface area contributed by atoms with Gasteiger partial charge in [0.05, 0.1) is 44.5 Å². The highest BCUT2D eigenvalue weighted by atomic mass is 127. The van der Waals surface area contributed by atoms with Gasteiger partial charge >= 0.3 is 12.0 Å². The highest BCUT2D eigenvalue weighted by molar-refractivity contribution is 14.1. The largest absolute Gasteiger partial charge is 0.490 e. The van der Waals surface area contributed by atoms with E-state index in [1.54, 1.807) is 50.2 Å². The van der Waals surface area contributed by atoms with E-state index < -0.39 is 29.2 Å². The minimum Gasteiger partial charge on any atom is -0.490 e. The number of carbonyl (C=O) groups is 2. The molecule has 47 heavy (non-hydrogen) atoms. The van der Waals surface area contributed by atoms with Crippen LogP contribution in [0.2, 0.25) is 0 Å². The number of amides is 2. The molecule has 0 unspecified atom stereocenters. The fourth-order valence-electron chi connectivity index (χ4n) is 4.53. The lowest BCUT2D eigenvalue weighted by molar-refractivity contribution is -0.384. The highest BCUT2D eigenvalue weighted by Crippen LogP contribution is 2.35. The van der Waals surface area contributed by atoms with E-state index in [-0.39, 0.29) is 24.5 Å². The number of esters is 1. The Labute approximate surface area is 291 Å². The van der Waals surface area contributed by atoms with Crippen LogP contribution >= 0.6 is 38.5 Å². The number of hydrogen-bond acceptors (Lipinski definition) is 11. The van der Waals surface area contributed by atoms with E-state index >= 15 is 0 Å². The molecule has 0 saturated carbocycles. The molecule has 1 aliphatic heterocycles. The third-order valence-electron chi connectivity index (χ3n) is 6.63. The first-order valence-electron chi connectivity index (χ1n) is 14.1.